The Balaban J connectivity index is 3.54. The van der Waals surface area contributed by atoms with Crippen LogP contribution < -0.4 is 4.43 Å². The molecule has 2 nitrogen and oxygen atoms in total. The highest BCUT2D eigenvalue weighted by atomic mass is 35.5. The lowest BCUT2D eigenvalue weighted by Gasteiger charge is -2.38. The minimum absolute atomic E-state index is 0.0768. The highest BCUT2D eigenvalue weighted by Crippen LogP contribution is 2.42. The molecule has 0 saturated heterocycles. The Bertz CT molecular complexity index is 551. The van der Waals surface area contributed by atoms with Gasteiger partial charge in [0, 0.05) is 5.88 Å². The largest absolute Gasteiger partial charge is 0.543 e. The first-order chi connectivity index (χ1) is 9.83. The SMILES string of the molecule is CC(C)(C)c1cc(CCl)cc(C=O)c1O[Si](C)(C)C(C)(C)C. The Hall–Kier alpha value is -0.803. The first-order valence-electron chi connectivity index (χ1n) is 7.71. The highest BCUT2D eigenvalue weighted by molar-refractivity contribution is 6.74. The number of aldehydes is 1. The summed E-state index contributed by atoms with van der Waals surface area (Å²) in [5.41, 5.74) is 2.50. The van der Waals surface area contributed by atoms with Gasteiger partial charge in [-0.15, -0.1) is 11.6 Å². The molecule has 0 unspecified atom stereocenters. The number of benzene rings is 1. The molecule has 1 rings (SSSR count). The zero-order valence-electron chi connectivity index (χ0n) is 15.1. The van der Waals surface area contributed by atoms with Gasteiger partial charge in [0.15, 0.2) is 6.29 Å². The number of rotatable bonds is 4. The summed E-state index contributed by atoms with van der Waals surface area (Å²) in [5.74, 6) is 1.13. The van der Waals surface area contributed by atoms with Crippen LogP contribution in [0, 0.1) is 0 Å². The van der Waals surface area contributed by atoms with Gasteiger partial charge in [-0.3, -0.25) is 4.79 Å². The van der Waals surface area contributed by atoms with E-state index in [-0.39, 0.29) is 10.5 Å². The van der Waals surface area contributed by atoms with E-state index in [9.17, 15) is 4.79 Å². The zero-order chi connectivity index (χ0) is 17.3. The van der Waals surface area contributed by atoms with Crippen LogP contribution in [0.4, 0.5) is 0 Å². The van der Waals surface area contributed by atoms with Crippen LogP contribution in [0.5, 0.6) is 5.75 Å². The van der Waals surface area contributed by atoms with Crippen molar-refractivity contribution in [3.05, 3.63) is 28.8 Å². The molecule has 124 valence electrons. The van der Waals surface area contributed by atoms with E-state index >= 15 is 0 Å². The minimum atomic E-state index is -2.02. The lowest BCUT2D eigenvalue weighted by molar-refractivity contribution is 0.112. The third kappa shape index (κ3) is 4.14. The van der Waals surface area contributed by atoms with Crippen molar-refractivity contribution in [3.8, 4) is 5.75 Å². The van der Waals surface area contributed by atoms with Crippen molar-refractivity contribution in [1.29, 1.82) is 0 Å². The molecule has 0 bridgehead atoms. The number of halogens is 1. The molecule has 22 heavy (non-hydrogen) atoms. The third-order valence-corrected chi connectivity index (χ3v) is 9.07. The zero-order valence-corrected chi connectivity index (χ0v) is 16.9. The fourth-order valence-electron chi connectivity index (χ4n) is 1.96. The minimum Gasteiger partial charge on any atom is -0.543 e. The second-order valence-electron chi connectivity index (χ2n) is 8.43. The summed E-state index contributed by atoms with van der Waals surface area (Å²) < 4.78 is 6.51. The van der Waals surface area contributed by atoms with Crippen LogP contribution in [-0.2, 0) is 11.3 Å². The first-order valence-corrected chi connectivity index (χ1v) is 11.2. The molecule has 0 N–H and O–H groups in total. The molecular weight excluding hydrogens is 312 g/mol. The Kier molecular flexibility index (Phi) is 5.57. The second-order valence-corrected chi connectivity index (χ2v) is 13.4. The monoisotopic (exact) mass is 340 g/mol. The molecule has 0 fully saturated rings. The Morgan fingerprint density at radius 1 is 1.14 bits per heavy atom. The lowest BCUT2D eigenvalue weighted by Crippen LogP contribution is -2.44. The fourth-order valence-corrected chi connectivity index (χ4v) is 3.16. The molecular formula is C18H29ClO2Si. The molecule has 0 saturated carbocycles. The normalized spacial score (nSPS) is 13.1. The summed E-state index contributed by atoms with van der Waals surface area (Å²) >= 11 is 5.99. The molecule has 0 aliphatic rings. The molecule has 0 aromatic heterocycles. The van der Waals surface area contributed by atoms with E-state index in [4.69, 9.17) is 16.0 Å². The summed E-state index contributed by atoms with van der Waals surface area (Å²) in [6.07, 6.45) is 0.883. The van der Waals surface area contributed by atoms with Crippen LogP contribution in [0.2, 0.25) is 18.1 Å². The maximum Gasteiger partial charge on any atom is 0.250 e. The van der Waals surface area contributed by atoms with Gasteiger partial charge in [0.05, 0.1) is 5.56 Å². The molecule has 0 aliphatic carbocycles. The summed E-state index contributed by atoms with van der Waals surface area (Å²) in [6, 6.07) is 3.92. The van der Waals surface area contributed by atoms with Crippen molar-refractivity contribution < 1.29 is 9.22 Å². The topological polar surface area (TPSA) is 26.3 Å². The quantitative estimate of drug-likeness (QED) is 0.386. The molecule has 0 amide bonds. The van der Waals surface area contributed by atoms with Gasteiger partial charge in [-0.1, -0.05) is 47.6 Å². The van der Waals surface area contributed by atoms with E-state index in [1.807, 2.05) is 6.07 Å². The predicted molar refractivity (Wildman–Crippen MR) is 97.9 cm³/mol. The summed E-state index contributed by atoms with van der Waals surface area (Å²) in [5, 5.41) is 0.0768. The van der Waals surface area contributed by atoms with Crippen molar-refractivity contribution in [2.45, 2.75) is 71.0 Å². The number of alkyl halides is 1. The van der Waals surface area contributed by atoms with Crippen LogP contribution in [0.3, 0.4) is 0 Å². The van der Waals surface area contributed by atoms with E-state index in [0.29, 0.717) is 11.4 Å². The van der Waals surface area contributed by atoms with Gasteiger partial charge < -0.3 is 4.43 Å². The van der Waals surface area contributed by atoms with Gasteiger partial charge in [0.2, 0.25) is 0 Å². The first kappa shape index (κ1) is 19.2. The predicted octanol–water partition coefficient (Wildman–Crippen LogP) is 5.92. The van der Waals surface area contributed by atoms with Crippen LogP contribution in [0.25, 0.3) is 0 Å². The Morgan fingerprint density at radius 3 is 2.05 bits per heavy atom. The average Bonchev–Trinajstić information content (AvgIpc) is 2.35. The van der Waals surface area contributed by atoms with E-state index < -0.39 is 8.32 Å². The molecule has 1 aromatic carbocycles. The van der Waals surface area contributed by atoms with Gasteiger partial charge in [0.1, 0.15) is 5.75 Å². The number of hydrogen-bond donors (Lipinski definition) is 0. The van der Waals surface area contributed by atoms with Gasteiger partial charge in [-0.25, -0.2) is 0 Å². The van der Waals surface area contributed by atoms with Crippen LogP contribution in [-0.4, -0.2) is 14.6 Å². The number of carbonyl (C=O) groups excluding carboxylic acids is 1. The smallest absolute Gasteiger partial charge is 0.250 e. The maximum absolute atomic E-state index is 11.6. The average molecular weight is 341 g/mol. The van der Waals surface area contributed by atoms with Crippen LogP contribution in [0.15, 0.2) is 12.1 Å². The van der Waals surface area contributed by atoms with E-state index in [2.05, 4.69) is 60.7 Å². The van der Waals surface area contributed by atoms with Gasteiger partial charge in [-0.2, -0.15) is 0 Å². The molecule has 0 aliphatic heterocycles. The van der Waals surface area contributed by atoms with Crippen molar-refractivity contribution in [2.24, 2.45) is 0 Å². The molecule has 4 heteroatoms. The number of carbonyl (C=O) groups is 1. The maximum atomic E-state index is 11.6. The van der Waals surface area contributed by atoms with Crippen LogP contribution >= 0.6 is 11.6 Å². The lowest BCUT2D eigenvalue weighted by atomic mass is 9.84. The van der Waals surface area contributed by atoms with E-state index in [1.54, 1.807) is 0 Å². The van der Waals surface area contributed by atoms with Crippen molar-refractivity contribution in [3.63, 3.8) is 0 Å². The highest BCUT2D eigenvalue weighted by Gasteiger charge is 2.40. The second kappa shape index (κ2) is 6.36. The van der Waals surface area contributed by atoms with Crippen LogP contribution in [0.1, 0.15) is 63.0 Å². The van der Waals surface area contributed by atoms with Gasteiger partial charge in [-0.05, 0) is 40.7 Å². The van der Waals surface area contributed by atoms with E-state index in [1.165, 1.54) is 0 Å². The fraction of sp³-hybridized carbons (Fsp3) is 0.611. The molecule has 0 atom stereocenters. The molecule has 0 radical (unpaired) electrons. The van der Waals surface area contributed by atoms with Gasteiger partial charge >= 0.3 is 0 Å². The Labute approximate surface area is 141 Å². The number of hydrogen-bond acceptors (Lipinski definition) is 2. The van der Waals surface area contributed by atoms with E-state index in [0.717, 1.165) is 23.2 Å². The van der Waals surface area contributed by atoms with Crippen molar-refractivity contribution in [2.75, 3.05) is 0 Å². The molecule has 0 spiro atoms. The molecule has 0 heterocycles. The summed E-state index contributed by atoms with van der Waals surface area (Å²) in [6.45, 7) is 17.4. The van der Waals surface area contributed by atoms with Gasteiger partial charge in [0.25, 0.3) is 8.32 Å². The van der Waals surface area contributed by atoms with Crippen molar-refractivity contribution in [1.82, 2.24) is 0 Å². The summed E-state index contributed by atoms with van der Waals surface area (Å²) in [4.78, 5) is 11.6. The molecule has 1 aromatic rings. The third-order valence-electron chi connectivity index (χ3n) is 4.43. The van der Waals surface area contributed by atoms with Crippen molar-refractivity contribution >= 4 is 26.2 Å². The standard InChI is InChI=1S/C18H29ClO2Si/c1-17(2,3)15-10-13(11-19)9-14(12-20)16(15)21-22(7,8)18(4,5)6/h9-10,12H,11H2,1-8H3. The Morgan fingerprint density at radius 2 is 1.68 bits per heavy atom. The summed E-state index contributed by atoms with van der Waals surface area (Å²) in [7, 11) is -2.02.